The Balaban J connectivity index is 1.51. The Labute approximate surface area is 191 Å². The molecule has 2 heterocycles. The molecule has 3 atom stereocenters. The number of carbonyl (C=O) groups is 1. The van der Waals surface area contributed by atoms with Gasteiger partial charge in [-0.2, -0.15) is 13.2 Å². The Morgan fingerprint density at radius 2 is 2.03 bits per heavy atom. The number of nitrogens with zero attached hydrogens (tertiary/aromatic N) is 2. The van der Waals surface area contributed by atoms with E-state index in [0.717, 1.165) is 13.5 Å². The normalized spacial score (nSPS) is 23.0. The standard InChI is InChI=1S/C24H29F3N4O2/c1-23(2)17-7-5-4-6-15(17)12-20(23)30-16-8-9-18(29-13-16)21(24(25,26)27)31(3)22(32)19-14-28-10-11-33-19/h4-9,13,19-21,28,30H,10-12,14H2,1-3H3/t19-,20+,21?/m1/s1. The molecule has 2 aliphatic rings. The van der Waals surface area contributed by atoms with E-state index in [9.17, 15) is 18.0 Å². The number of anilines is 1. The Bertz CT molecular complexity index is 988. The van der Waals surface area contributed by atoms with E-state index in [0.29, 0.717) is 17.1 Å². The molecule has 1 amide bonds. The molecular formula is C24H29F3N4O2. The Morgan fingerprint density at radius 3 is 2.64 bits per heavy atom. The Morgan fingerprint density at radius 1 is 1.27 bits per heavy atom. The van der Waals surface area contributed by atoms with Crippen LogP contribution in [-0.2, 0) is 21.4 Å². The quantitative estimate of drug-likeness (QED) is 0.713. The molecule has 0 spiro atoms. The average Bonchev–Trinajstić information content (AvgIpc) is 3.04. The van der Waals surface area contributed by atoms with Gasteiger partial charge < -0.3 is 20.3 Å². The monoisotopic (exact) mass is 462 g/mol. The number of halogens is 3. The molecule has 1 fully saturated rings. The van der Waals surface area contributed by atoms with Gasteiger partial charge in [-0.3, -0.25) is 9.78 Å². The molecule has 6 nitrogen and oxygen atoms in total. The van der Waals surface area contributed by atoms with E-state index in [4.69, 9.17) is 4.74 Å². The van der Waals surface area contributed by atoms with Gasteiger partial charge in [-0.15, -0.1) is 0 Å². The predicted octanol–water partition coefficient (Wildman–Crippen LogP) is 3.45. The van der Waals surface area contributed by atoms with Crippen molar-refractivity contribution in [1.29, 1.82) is 0 Å². The maximum absolute atomic E-state index is 14.0. The second kappa shape index (κ2) is 8.95. The van der Waals surface area contributed by atoms with Crippen molar-refractivity contribution >= 4 is 11.6 Å². The summed E-state index contributed by atoms with van der Waals surface area (Å²) in [5.41, 5.74) is 2.80. The van der Waals surface area contributed by atoms with E-state index in [1.165, 1.54) is 23.4 Å². The zero-order valence-corrected chi connectivity index (χ0v) is 18.9. The molecule has 1 aromatic carbocycles. The summed E-state index contributed by atoms with van der Waals surface area (Å²) >= 11 is 0. The molecule has 1 aliphatic heterocycles. The molecule has 178 valence electrons. The van der Waals surface area contributed by atoms with Gasteiger partial charge in [0.25, 0.3) is 5.91 Å². The third-order valence-electron chi connectivity index (χ3n) is 6.66. The number of morpholine rings is 1. The van der Waals surface area contributed by atoms with Gasteiger partial charge in [0.05, 0.1) is 24.2 Å². The van der Waals surface area contributed by atoms with Gasteiger partial charge >= 0.3 is 6.18 Å². The number of pyridine rings is 1. The lowest BCUT2D eigenvalue weighted by molar-refractivity contribution is -0.194. The van der Waals surface area contributed by atoms with Crippen LogP contribution in [0.4, 0.5) is 18.9 Å². The molecular weight excluding hydrogens is 433 g/mol. The Kier molecular flexibility index (Phi) is 6.37. The number of rotatable bonds is 5. The SMILES string of the molecule is CN(C(=O)[C@H]1CNCCO1)C(c1ccc(N[C@H]2Cc3ccccc3C2(C)C)cn1)C(F)(F)F. The molecule has 0 bridgehead atoms. The third-order valence-corrected chi connectivity index (χ3v) is 6.66. The number of nitrogens with one attached hydrogen (secondary N) is 2. The number of aromatic nitrogens is 1. The highest BCUT2D eigenvalue weighted by Crippen LogP contribution is 2.40. The molecule has 1 unspecified atom stereocenters. The number of hydrogen-bond donors (Lipinski definition) is 2. The second-order valence-corrected chi connectivity index (χ2v) is 9.21. The van der Waals surface area contributed by atoms with Crippen LogP contribution >= 0.6 is 0 Å². The number of carbonyl (C=O) groups excluding carboxylic acids is 1. The first-order valence-corrected chi connectivity index (χ1v) is 11.1. The second-order valence-electron chi connectivity index (χ2n) is 9.21. The minimum Gasteiger partial charge on any atom is -0.380 e. The topological polar surface area (TPSA) is 66.5 Å². The van der Waals surface area contributed by atoms with Crippen molar-refractivity contribution in [3.63, 3.8) is 0 Å². The van der Waals surface area contributed by atoms with Crippen molar-refractivity contribution in [1.82, 2.24) is 15.2 Å². The van der Waals surface area contributed by atoms with E-state index in [2.05, 4.69) is 41.6 Å². The van der Waals surface area contributed by atoms with Gasteiger partial charge in [-0.05, 0) is 29.7 Å². The molecule has 9 heteroatoms. The van der Waals surface area contributed by atoms with Crippen LogP contribution in [0.15, 0.2) is 42.6 Å². The van der Waals surface area contributed by atoms with Crippen molar-refractivity contribution in [3.8, 4) is 0 Å². The van der Waals surface area contributed by atoms with Crippen LogP contribution in [0.1, 0.15) is 36.7 Å². The first-order valence-electron chi connectivity index (χ1n) is 11.1. The summed E-state index contributed by atoms with van der Waals surface area (Å²) in [7, 11) is 1.14. The summed E-state index contributed by atoms with van der Waals surface area (Å²) in [6, 6.07) is 9.10. The van der Waals surface area contributed by atoms with Crippen molar-refractivity contribution in [2.24, 2.45) is 0 Å². The van der Waals surface area contributed by atoms with Crippen LogP contribution in [0.5, 0.6) is 0 Å². The summed E-state index contributed by atoms with van der Waals surface area (Å²) < 4.78 is 47.2. The molecule has 1 aromatic heterocycles. The van der Waals surface area contributed by atoms with E-state index < -0.39 is 24.2 Å². The maximum atomic E-state index is 14.0. The molecule has 4 rings (SSSR count). The van der Waals surface area contributed by atoms with Crippen LogP contribution in [-0.4, -0.2) is 60.9 Å². The zero-order valence-electron chi connectivity index (χ0n) is 18.9. The minimum atomic E-state index is -4.68. The summed E-state index contributed by atoms with van der Waals surface area (Å²) in [5, 5.41) is 6.40. The fourth-order valence-electron chi connectivity index (χ4n) is 4.74. The Hall–Kier alpha value is -2.65. The molecule has 0 saturated carbocycles. The van der Waals surface area contributed by atoms with Crippen LogP contribution in [0, 0.1) is 0 Å². The van der Waals surface area contributed by atoms with Gasteiger partial charge in [0, 0.05) is 31.6 Å². The molecule has 1 aliphatic carbocycles. The fraction of sp³-hybridized carbons (Fsp3) is 0.500. The van der Waals surface area contributed by atoms with Gasteiger partial charge in [-0.1, -0.05) is 38.1 Å². The van der Waals surface area contributed by atoms with Gasteiger partial charge in [0.1, 0.15) is 6.10 Å². The minimum absolute atomic E-state index is 0.0844. The lowest BCUT2D eigenvalue weighted by Crippen LogP contribution is -2.51. The molecule has 1 saturated heterocycles. The molecule has 2 aromatic rings. The van der Waals surface area contributed by atoms with Crippen molar-refractivity contribution in [2.75, 3.05) is 32.1 Å². The lowest BCUT2D eigenvalue weighted by Gasteiger charge is -2.33. The number of benzene rings is 1. The number of fused-ring (bicyclic) bond motifs is 1. The van der Waals surface area contributed by atoms with Crippen molar-refractivity contribution in [3.05, 3.63) is 59.4 Å². The predicted molar refractivity (Wildman–Crippen MR) is 119 cm³/mol. The summed E-state index contributed by atoms with van der Waals surface area (Å²) in [6.07, 6.45) is -3.39. The average molecular weight is 463 g/mol. The van der Waals surface area contributed by atoms with Crippen LogP contribution < -0.4 is 10.6 Å². The number of ether oxygens (including phenoxy) is 1. The van der Waals surface area contributed by atoms with E-state index in [-0.39, 0.29) is 30.3 Å². The van der Waals surface area contributed by atoms with Gasteiger partial charge in [-0.25, -0.2) is 0 Å². The maximum Gasteiger partial charge on any atom is 0.414 e. The van der Waals surface area contributed by atoms with Gasteiger partial charge in [0.2, 0.25) is 0 Å². The highest BCUT2D eigenvalue weighted by molar-refractivity contribution is 5.81. The highest BCUT2D eigenvalue weighted by Gasteiger charge is 2.47. The first-order chi connectivity index (χ1) is 15.6. The summed E-state index contributed by atoms with van der Waals surface area (Å²) in [5.74, 6) is -0.723. The molecule has 33 heavy (non-hydrogen) atoms. The number of hydrogen-bond acceptors (Lipinski definition) is 5. The van der Waals surface area contributed by atoms with Crippen molar-refractivity contribution < 1.29 is 22.7 Å². The van der Waals surface area contributed by atoms with Crippen LogP contribution in [0.3, 0.4) is 0 Å². The largest absolute Gasteiger partial charge is 0.414 e. The van der Waals surface area contributed by atoms with Gasteiger partial charge in [0.15, 0.2) is 6.04 Å². The summed E-state index contributed by atoms with van der Waals surface area (Å²) in [4.78, 5) is 17.4. The van der Waals surface area contributed by atoms with E-state index in [1.54, 1.807) is 6.07 Å². The van der Waals surface area contributed by atoms with Crippen LogP contribution in [0.2, 0.25) is 0 Å². The first kappa shape index (κ1) is 23.5. The number of amides is 1. The fourth-order valence-corrected chi connectivity index (χ4v) is 4.74. The van der Waals surface area contributed by atoms with E-state index >= 15 is 0 Å². The lowest BCUT2D eigenvalue weighted by atomic mass is 9.83. The number of alkyl halides is 3. The third kappa shape index (κ3) is 4.70. The molecule has 0 radical (unpaired) electrons. The number of likely N-dealkylation sites (N-methyl/N-ethyl adjacent to an activating group) is 1. The summed E-state index contributed by atoms with van der Waals surface area (Å²) in [6.45, 7) is 5.33. The zero-order chi connectivity index (χ0) is 23.8. The smallest absolute Gasteiger partial charge is 0.380 e. The van der Waals surface area contributed by atoms with Crippen LogP contribution in [0.25, 0.3) is 0 Å². The van der Waals surface area contributed by atoms with E-state index in [1.807, 2.05) is 12.1 Å². The van der Waals surface area contributed by atoms with Crippen molar-refractivity contribution in [2.45, 2.75) is 50.0 Å². The molecule has 2 N–H and O–H groups in total. The highest BCUT2D eigenvalue weighted by atomic mass is 19.4.